The zero-order chi connectivity index (χ0) is 19.6. The zero-order valence-corrected chi connectivity index (χ0v) is 16.5. The van der Waals surface area contributed by atoms with Gasteiger partial charge < -0.3 is 14.8 Å². The molecule has 0 aliphatic carbocycles. The quantitative estimate of drug-likeness (QED) is 0.416. The zero-order valence-electron chi connectivity index (χ0n) is 14.9. The average Bonchev–Trinajstić information content (AvgIpc) is 3.07. The number of carbonyl (C=O) groups is 2. The van der Waals surface area contributed by atoms with Crippen LogP contribution in [0.15, 0.2) is 35.7 Å². The molecule has 9 heteroatoms. The van der Waals surface area contributed by atoms with Crippen LogP contribution in [0.2, 0.25) is 0 Å². The number of ether oxygens (including phenoxy) is 2. The largest absolute Gasteiger partial charge is 0.497 e. The third kappa shape index (κ3) is 7.16. The van der Waals surface area contributed by atoms with Gasteiger partial charge in [0.15, 0.2) is 10.2 Å². The van der Waals surface area contributed by atoms with Gasteiger partial charge in [-0.25, -0.2) is 4.98 Å². The minimum absolute atomic E-state index is 0.0930. The monoisotopic (exact) mass is 405 g/mol. The molecule has 0 bridgehead atoms. The molecule has 7 nitrogen and oxygen atoms in total. The Morgan fingerprint density at radius 2 is 2.04 bits per heavy atom. The number of methoxy groups -OCH3 is 1. The Morgan fingerprint density at radius 3 is 2.70 bits per heavy atom. The Kier molecular flexibility index (Phi) is 7.90. The lowest BCUT2D eigenvalue weighted by Gasteiger charge is -2.04. The molecule has 0 unspecified atom stereocenters. The van der Waals surface area contributed by atoms with Crippen molar-refractivity contribution < 1.29 is 19.1 Å². The number of thiocarbonyl (C=S) groups is 1. The molecule has 2 rings (SSSR count). The van der Waals surface area contributed by atoms with Crippen molar-refractivity contribution in [1.82, 2.24) is 10.3 Å². The van der Waals surface area contributed by atoms with E-state index in [1.807, 2.05) is 12.1 Å². The summed E-state index contributed by atoms with van der Waals surface area (Å²) in [6.45, 7) is 2.07. The van der Waals surface area contributed by atoms with Gasteiger partial charge in [0.05, 0.1) is 25.8 Å². The van der Waals surface area contributed by atoms with E-state index < -0.39 is 0 Å². The second kappa shape index (κ2) is 10.4. The van der Waals surface area contributed by atoms with Crippen molar-refractivity contribution in [2.45, 2.75) is 13.3 Å². The maximum Gasteiger partial charge on any atom is 0.311 e. The third-order valence-electron chi connectivity index (χ3n) is 3.18. The molecule has 27 heavy (non-hydrogen) atoms. The molecular formula is C18H19N3O4S2. The van der Waals surface area contributed by atoms with Crippen LogP contribution in [0.25, 0.3) is 6.08 Å². The van der Waals surface area contributed by atoms with Crippen molar-refractivity contribution in [3.63, 3.8) is 0 Å². The number of anilines is 1. The van der Waals surface area contributed by atoms with Gasteiger partial charge in [-0.3, -0.25) is 14.9 Å². The number of nitrogens with one attached hydrogen (secondary N) is 2. The Morgan fingerprint density at radius 1 is 1.30 bits per heavy atom. The first kappa shape index (κ1) is 20.5. The van der Waals surface area contributed by atoms with E-state index in [1.165, 1.54) is 17.4 Å². The summed E-state index contributed by atoms with van der Waals surface area (Å²) in [5.41, 5.74) is 1.43. The number of nitrogens with zero attached hydrogens (tertiary/aromatic N) is 1. The number of aromatic nitrogens is 1. The van der Waals surface area contributed by atoms with Crippen LogP contribution in [0.3, 0.4) is 0 Å². The average molecular weight is 406 g/mol. The second-order valence-electron chi connectivity index (χ2n) is 5.18. The maximum atomic E-state index is 11.9. The fourth-order valence-electron chi connectivity index (χ4n) is 1.97. The van der Waals surface area contributed by atoms with E-state index in [1.54, 1.807) is 37.6 Å². The SMILES string of the molecule is CCOC(=O)Cc1csc(NC(=S)NC(=O)C=Cc2ccc(OC)cc2)n1. The Hall–Kier alpha value is -2.78. The van der Waals surface area contributed by atoms with Gasteiger partial charge in [0.1, 0.15) is 5.75 Å². The number of hydrogen-bond acceptors (Lipinski definition) is 7. The summed E-state index contributed by atoms with van der Waals surface area (Å²) in [6, 6.07) is 7.28. The number of esters is 1. The van der Waals surface area contributed by atoms with Crippen molar-refractivity contribution in [1.29, 1.82) is 0 Å². The lowest BCUT2D eigenvalue weighted by Crippen LogP contribution is -2.32. The third-order valence-corrected chi connectivity index (χ3v) is 4.19. The number of carbonyl (C=O) groups excluding carboxylic acids is 2. The van der Waals surface area contributed by atoms with Gasteiger partial charge in [-0.05, 0) is 42.9 Å². The van der Waals surface area contributed by atoms with Crippen LogP contribution < -0.4 is 15.4 Å². The van der Waals surface area contributed by atoms with Crippen LogP contribution in [-0.4, -0.2) is 35.7 Å². The summed E-state index contributed by atoms with van der Waals surface area (Å²) in [5.74, 6) is 0.0354. The van der Waals surface area contributed by atoms with Crippen LogP contribution in [-0.2, 0) is 20.7 Å². The van der Waals surface area contributed by atoms with Gasteiger partial charge in [0.25, 0.3) is 0 Å². The van der Waals surface area contributed by atoms with E-state index in [9.17, 15) is 9.59 Å². The molecule has 1 aromatic heterocycles. The Balaban J connectivity index is 1.82. The van der Waals surface area contributed by atoms with Crippen LogP contribution in [0.5, 0.6) is 5.75 Å². The maximum absolute atomic E-state index is 11.9. The molecule has 2 N–H and O–H groups in total. The van der Waals surface area contributed by atoms with Gasteiger partial charge >= 0.3 is 5.97 Å². The van der Waals surface area contributed by atoms with Crippen molar-refractivity contribution in [2.75, 3.05) is 19.0 Å². The molecule has 1 heterocycles. The Labute approximate surface area is 166 Å². The van der Waals surface area contributed by atoms with Crippen molar-refractivity contribution in [3.05, 3.63) is 47.0 Å². The normalized spacial score (nSPS) is 10.4. The molecule has 0 saturated heterocycles. The molecule has 142 valence electrons. The highest BCUT2D eigenvalue weighted by atomic mass is 32.1. The summed E-state index contributed by atoms with van der Waals surface area (Å²) in [4.78, 5) is 27.6. The topological polar surface area (TPSA) is 89.6 Å². The van der Waals surface area contributed by atoms with E-state index in [0.717, 1.165) is 11.3 Å². The number of hydrogen-bond donors (Lipinski definition) is 2. The van der Waals surface area contributed by atoms with E-state index in [4.69, 9.17) is 21.7 Å². The molecule has 1 aromatic carbocycles. The van der Waals surface area contributed by atoms with Crippen molar-refractivity contribution in [2.24, 2.45) is 0 Å². The van der Waals surface area contributed by atoms with Crippen LogP contribution >= 0.6 is 23.6 Å². The summed E-state index contributed by atoms with van der Waals surface area (Å²) in [6.07, 6.45) is 3.14. The lowest BCUT2D eigenvalue weighted by atomic mass is 10.2. The number of thiazole rings is 1. The fraction of sp³-hybridized carbons (Fsp3) is 0.222. The molecule has 2 aromatic rings. The number of benzene rings is 1. The van der Waals surface area contributed by atoms with Gasteiger partial charge in [0.2, 0.25) is 5.91 Å². The van der Waals surface area contributed by atoms with E-state index >= 15 is 0 Å². The molecule has 1 amide bonds. The highest BCUT2D eigenvalue weighted by Crippen LogP contribution is 2.16. The first-order chi connectivity index (χ1) is 13.0. The summed E-state index contributed by atoms with van der Waals surface area (Å²) in [5, 5.41) is 7.69. The van der Waals surface area contributed by atoms with Gasteiger partial charge in [-0.15, -0.1) is 11.3 Å². The molecule has 0 aliphatic heterocycles. The minimum atomic E-state index is -0.369. The lowest BCUT2D eigenvalue weighted by molar-refractivity contribution is -0.142. The van der Waals surface area contributed by atoms with E-state index in [0.29, 0.717) is 17.4 Å². The van der Waals surface area contributed by atoms with Gasteiger partial charge in [0, 0.05) is 11.5 Å². The van der Waals surface area contributed by atoms with Crippen molar-refractivity contribution >= 4 is 51.8 Å². The molecular weight excluding hydrogens is 386 g/mol. The highest BCUT2D eigenvalue weighted by Gasteiger charge is 2.10. The van der Waals surface area contributed by atoms with E-state index in [-0.39, 0.29) is 23.4 Å². The molecule has 0 spiro atoms. The second-order valence-corrected chi connectivity index (χ2v) is 6.44. The minimum Gasteiger partial charge on any atom is -0.497 e. The van der Waals surface area contributed by atoms with Crippen LogP contribution in [0.4, 0.5) is 5.13 Å². The predicted octanol–water partition coefficient (Wildman–Crippen LogP) is 2.78. The standard InChI is InChI=1S/C18H19N3O4S2/c1-3-25-16(23)10-13-11-27-18(19-13)21-17(26)20-15(22)9-6-12-4-7-14(24-2)8-5-12/h4-9,11H,3,10H2,1-2H3,(H2,19,20,21,22,26). The highest BCUT2D eigenvalue weighted by molar-refractivity contribution is 7.80. The van der Waals surface area contributed by atoms with Crippen LogP contribution in [0, 0.1) is 0 Å². The first-order valence-corrected chi connectivity index (χ1v) is 9.33. The molecule has 0 radical (unpaired) electrons. The van der Waals surface area contributed by atoms with Crippen LogP contribution in [0.1, 0.15) is 18.2 Å². The summed E-state index contributed by atoms with van der Waals surface area (Å²) >= 11 is 6.38. The molecule has 0 saturated carbocycles. The first-order valence-electron chi connectivity index (χ1n) is 8.04. The summed E-state index contributed by atoms with van der Waals surface area (Å²) < 4.78 is 9.95. The fourth-order valence-corrected chi connectivity index (χ4v) is 2.95. The van der Waals surface area contributed by atoms with E-state index in [2.05, 4.69) is 15.6 Å². The Bertz CT molecular complexity index is 831. The van der Waals surface area contributed by atoms with Gasteiger partial charge in [-0.1, -0.05) is 12.1 Å². The van der Waals surface area contributed by atoms with Gasteiger partial charge in [-0.2, -0.15) is 0 Å². The molecule has 0 aliphatic rings. The molecule has 0 atom stereocenters. The van der Waals surface area contributed by atoms with Crippen molar-refractivity contribution in [3.8, 4) is 5.75 Å². The summed E-state index contributed by atoms with van der Waals surface area (Å²) in [7, 11) is 1.59. The molecule has 0 fully saturated rings. The number of amides is 1. The predicted molar refractivity (Wildman–Crippen MR) is 109 cm³/mol. The number of rotatable bonds is 7. The smallest absolute Gasteiger partial charge is 0.311 e.